The zero-order chi connectivity index (χ0) is 10.8. The van der Waals surface area contributed by atoms with E-state index < -0.39 is 5.97 Å². The van der Waals surface area contributed by atoms with Crippen LogP contribution < -0.4 is 9.47 Å². The van der Waals surface area contributed by atoms with Gasteiger partial charge in [-0.2, -0.15) is 0 Å². The predicted molar refractivity (Wildman–Crippen MR) is 51.4 cm³/mol. The van der Waals surface area contributed by atoms with Crippen molar-refractivity contribution in [2.45, 2.75) is 18.9 Å². The minimum absolute atomic E-state index is 0.0428. The average Bonchev–Trinajstić information content (AvgIpc) is 3.01. The number of carboxylic acids is 1. The van der Waals surface area contributed by atoms with E-state index in [9.17, 15) is 4.79 Å². The molecule has 1 fully saturated rings. The molecule has 0 spiro atoms. The lowest BCUT2D eigenvalue weighted by molar-refractivity contribution is 0.0690. The van der Waals surface area contributed by atoms with E-state index in [-0.39, 0.29) is 17.4 Å². The molecular weight excluding hydrogens is 198 g/mol. The number of hydrogen-bond acceptors (Lipinski definition) is 4. The summed E-state index contributed by atoms with van der Waals surface area (Å²) in [5.41, 5.74) is 0.0428. The second-order valence-corrected chi connectivity index (χ2v) is 3.34. The highest BCUT2D eigenvalue weighted by atomic mass is 16.5. The molecule has 5 heteroatoms. The number of aromatic nitrogens is 1. The van der Waals surface area contributed by atoms with E-state index in [0.717, 1.165) is 12.8 Å². The van der Waals surface area contributed by atoms with Crippen LogP contribution in [0.5, 0.6) is 11.5 Å². The van der Waals surface area contributed by atoms with E-state index in [1.54, 1.807) is 0 Å². The highest BCUT2D eigenvalue weighted by molar-refractivity contribution is 5.91. The summed E-state index contributed by atoms with van der Waals surface area (Å²) in [5.74, 6) is -0.415. The fraction of sp³-hybridized carbons (Fsp3) is 0.400. The van der Waals surface area contributed by atoms with Gasteiger partial charge in [0.15, 0.2) is 11.5 Å². The van der Waals surface area contributed by atoms with Gasteiger partial charge in [-0.1, -0.05) is 0 Å². The lowest BCUT2D eigenvalue weighted by atomic mass is 10.2. The minimum Gasteiger partial charge on any atom is -0.491 e. The van der Waals surface area contributed by atoms with Crippen molar-refractivity contribution in [3.8, 4) is 11.5 Å². The Kier molecular flexibility index (Phi) is 2.45. The smallest absolute Gasteiger partial charge is 0.341 e. The van der Waals surface area contributed by atoms with Crippen molar-refractivity contribution in [2.24, 2.45) is 0 Å². The summed E-state index contributed by atoms with van der Waals surface area (Å²) in [6, 6.07) is 0. The molecule has 0 amide bonds. The van der Waals surface area contributed by atoms with Gasteiger partial charge in [0, 0.05) is 6.20 Å². The van der Waals surface area contributed by atoms with Crippen LogP contribution in [0.2, 0.25) is 0 Å². The van der Waals surface area contributed by atoms with Crippen LogP contribution in [-0.2, 0) is 0 Å². The minimum atomic E-state index is -1.06. The molecule has 80 valence electrons. The molecule has 1 heterocycles. The van der Waals surface area contributed by atoms with Gasteiger partial charge in [0.1, 0.15) is 5.56 Å². The third-order valence-electron chi connectivity index (χ3n) is 2.12. The van der Waals surface area contributed by atoms with Crippen LogP contribution in [0.1, 0.15) is 23.2 Å². The molecule has 1 N–H and O–H groups in total. The van der Waals surface area contributed by atoms with Gasteiger partial charge in [-0.3, -0.25) is 4.98 Å². The molecule has 2 rings (SSSR count). The average molecular weight is 209 g/mol. The molecule has 15 heavy (non-hydrogen) atoms. The Hall–Kier alpha value is -1.78. The van der Waals surface area contributed by atoms with Gasteiger partial charge in [0.25, 0.3) is 0 Å². The zero-order valence-electron chi connectivity index (χ0n) is 8.27. The molecular formula is C10H11NO4. The van der Waals surface area contributed by atoms with E-state index in [2.05, 4.69) is 4.98 Å². The summed E-state index contributed by atoms with van der Waals surface area (Å²) in [7, 11) is 1.46. The van der Waals surface area contributed by atoms with Gasteiger partial charge in [-0.05, 0) is 12.8 Å². The first-order valence-corrected chi connectivity index (χ1v) is 4.64. The number of carbonyl (C=O) groups is 1. The maximum absolute atomic E-state index is 10.9. The van der Waals surface area contributed by atoms with Crippen molar-refractivity contribution in [1.29, 1.82) is 0 Å². The summed E-state index contributed by atoms with van der Waals surface area (Å²) in [6.07, 6.45) is 4.77. The highest BCUT2D eigenvalue weighted by Gasteiger charge is 2.28. The fourth-order valence-corrected chi connectivity index (χ4v) is 1.20. The first kappa shape index (κ1) is 9.76. The Labute approximate surface area is 86.7 Å². The third kappa shape index (κ3) is 2.01. The lowest BCUT2D eigenvalue weighted by Gasteiger charge is -2.11. The molecule has 5 nitrogen and oxygen atoms in total. The molecule has 0 aromatic carbocycles. The van der Waals surface area contributed by atoms with Crippen LogP contribution in [0, 0.1) is 0 Å². The van der Waals surface area contributed by atoms with E-state index in [4.69, 9.17) is 14.6 Å². The Morgan fingerprint density at radius 3 is 2.80 bits per heavy atom. The van der Waals surface area contributed by atoms with Crippen molar-refractivity contribution >= 4 is 5.97 Å². The largest absolute Gasteiger partial charge is 0.491 e. The number of ether oxygens (including phenoxy) is 2. The number of methoxy groups -OCH3 is 1. The molecule has 0 unspecified atom stereocenters. The maximum atomic E-state index is 10.9. The Bertz CT molecular complexity index is 387. The maximum Gasteiger partial charge on any atom is 0.341 e. The number of hydrogen-bond donors (Lipinski definition) is 1. The molecule has 1 aliphatic rings. The van der Waals surface area contributed by atoms with Crippen molar-refractivity contribution in [1.82, 2.24) is 4.98 Å². The van der Waals surface area contributed by atoms with Crippen molar-refractivity contribution in [3.63, 3.8) is 0 Å². The Morgan fingerprint density at radius 1 is 1.53 bits per heavy atom. The highest BCUT2D eigenvalue weighted by Crippen LogP contribution is 2.35. The van der Waals surface area contributed by atoms with Gasteiger partial charge in [0.2, 0.25) is 0 Å². The van der Waals surface area contributed by atoms with Crippen LogP contribution in [0.4, 0.5) is 0 Å². The lowest BCUT2D eigenvalue weighted by Crippen LogP contribution is -2.07. The van der Waals surface area contributed by atoms with Gasteiger partial charge < -0.3 is 14.6 Å². The number of pyridine rings is 1. The van der Waals surface area contributed by atoms with E-state index in [1.165, 1.54) is 19.5 Å². The molecule has 0 aliphatic heterocycles. The number of aromatic carboxylic acids is 1. The summed E-state index contributed by atoms with van der Waals surface area (Å²) < 4.78 is 10.5. The van der Waals surface area contributed by atoms with E-state index >= 15 is 0 Å². The molecule has 0 saturated heterocycles. The molecule has 1 saturated carbocycles. The van der Waals surface area contributed by atoms with Crippen molar-refractivity contribution in [3.05, 3.63) is 18.0 Å². The standard InChI is InChI=1S/C10H11NO4/c1-14-8-5-11-4-7(10(12)13)9(8)15-6-2-3-6/h4-6H,2-3H2,1H3,(H,12,13). The Morgan fingerprint density at radius 2 is 2.27 bits per heavy atom. The van der Waals surface area contributed by atoms with Crippen LogP contribution >= 0.6 is 0 Å². The second kappa shape index (κ2) is 3.76. The summed E-state index contributed by atoms with van der Waals surface area (Å²) in [4.78, 5) is 14.7. The van der Waals surface area contributed by atoms with Crippen molar-refractivity contribution in [2.75, 3.05) is 7.11 Å². The Balaban J connectivity index is 2.38. The number of rotatable bonds is 4. The second-order valence-electron chi connectivity index (χ2n) is 3.34. The van der Waals surface area contributed by atoms with E-state index in [1.807, 2.05) is 0 Å². The van der Waals surface area contributed by atoms with Crippen LogP contribution in [0.25, 0.3) is 0 Å². The van der Waals surface area contributed by atoms with Crippen molar-refractivity contribution < 1.29 is 19.4 Å². The number of carboxylic acid groups (broad SMARTS) is 1. The molecule has 0 radical (unpaired) electrons. The van der Waals surface area contributed by atoms with Gasteiger partial charge >= 0.3 is 5.97 Å². The molecule has 1 aliphatic carbocycles. The first-order chi connectivity index (χ1) is 7.22. The first-order valence-electron chi connectivity index (χ1n) is 4.64. The molecule has 1 aromatic rings. The van der Waals surface area contributed by atoms with Gasteiger partial charge in [-0.15, -0.1) is 0 Å². The van der Waals surface area contributed by atoms with Crippen LogP contribution in [0.3, 0.4) is 0 Å². The van der Waals surface area contributed by atoms with Crippen LogP contribution in [-0.4, -0.2) is 29.3 Å². The fourth-order valence-electron chi connectivity index (χ4n) is 1.20. The van der Waals surface area contributed by atoms with Gasteiger partial charge in [0.05, 0.1) is 19.4 Å². The quantitative estimate of drug-likeness (QED) is 0.810. The van der Waals surface area contributed by atoms with Crippen LogP contribution in [0.15, 0.2) is 12.4 Å². The normalized spacial score (nSPS) is 14.7. The summed E-state index contributed by atoms with van der Waals surface area (Å²) in [6.45, 7) is 0. The zero-order valence-corrected chi connectivity index (χ0v) is 8.27. The predicted octanol–water partition coefficient (Wildman–Crippen LogP) is 1.33. The summed E-state index contributed by atoms with van der Waals surface area (Å²) >= 11 is 0. The molecule has 1 aromatic heterocycles. The SMILES string of the molecule is COc1cncc(C(=O)O)c1OC1CC1. The monoisotopic (exact) mass is 209 g/mol. The topological polar surface area (TPSA) is 68.7 Å². The molecule has 0 atom stereocenters. The van der Waals surface area contributed by atoms with E-state index in [0.29, 0.717) is 5.75 Å². The summed E-state index contributed by atoms with van der Waals surface area (Å²) in [5, 5.41) is 8.94. The van der Waals surface area contributed by atoms with Gasteiger partial charge in [-0.25, -0.2) is 4.79 Å². The third-order valence-corrected chi connectivity index (χ3v) is 2.12. The molecule has 0 bridgehead atoms. The number of nitrogens with zero attached hydrogens (tertiary/aromatic N) is 1.